The number of hydrogen-bond donors (Lipinski definition) is 3. The second-order valence-corrected chi connectivity index (χ2v) is 8.76. The maximum Gasteiger partial charge on any atom is 0.530 e. The Hall–Kier alpha value is -2.12. The first-order chi connectivity index (χ1) is 14.7. The lowest BCUT2D eigenvalue weighted by molar-refractivity contribution is -0.205. The van der Waals surface area contributed by atoms with E-state index in [0.717, 1.165) is 10.6 Å². The molecule has 0 bridgehead atoms. The van der Waals surface area contributed by atoms with Crippen LogP contribution in [-0.2, 0) is 25.0 Å². The lowest BCUT2D eigenvalue weighted by Crippen LogP contribution is -2.43. The Morgan fingerprint density at radius 1 is 1.42 bits per heavy atom. The van der Waals surface area contributed by atoms with E-state index in [9.17, 15) is 19.6 Å². The highest BCUT2D eigenvalue weighted by Gasteiger charge is 2.57. The zero-order chi connectivity index (χ0) is 22.4. The Kier molecular flexibility index (Phi) is 5.77. The molecule has 1 fully saturated rings. The number of nitrogens with one attached hydrogen (secondary N) is 1. The number of fused-ring (bicyclic) bond motifs is 1. The number of hydrogen-bond acceptors (Lipinski definition) is 10. The lowest BCUT2D eigenvalue weighted by atomic mass is 10.1. The Morgan fingerprint density at radius 2 is 2.19 bits per heavy atom. The van der Waals surface area contributed by atoms with E-state index >= 15 is 4.39 Å². The largest absolute Gasteiger partial charge is 0.530 e. The van der Waals surface area contributed by atoms with Crippen LogP contribution in [0.3, 0.4) is 0 Å². The standard InChI is InChI=1S/C17H18FN2O9PS/c1-25-10-4-2-3-9-7-26-30(24,29-13(9)10)27-8-17(18)14(23)12(22)15(28-17)20-6-5-11(21)19-16(20)31/h2-6,12,14-15,22-23H,7-8H2,1H3,(H,19,21,31)/t12-,14+,15-,17-,30?/m1/s1. The van der Waals surface area contributed by atoms with Gasteiger partial charge in [0.1, 0.15) is 18.8 Å². The van der Waals surface area contributed by atoms with Crippen LogP contribution in [-0.4, -0.2) is 51.5 Å². The fraction of sp³-hybridized carbons (Fsp3) is 0.412. The first-order valence-electron chi connectivity index (χ1n) is 8.95. The normalized spacial score (nSPS) is 32.3. The van der Waals surface area contributed by atoms with E-state index in [1.54, 1.807) is 18.2 Å². The molecule has 5 atom stereocenters. The van der Waals surface area contributed by atoms with E-state index < -0.39 is 44.3 Å². The number of nitrogens with zero attached hydrogens (tertiary/aromatic N) is 1. The summed E-state index contributed by atoms with van der Waals surface area (Å²) in [6.07, 6.45) is -4.18. The average Bonchev–Trinajstić information content (AvgIpc) is 2.96. The van der Waals surface area contributed by atoms with Crippen molar-refractivity contribution >= 4 is 20.0 Å². The van der Waals surface area contributed by atoms with E-state index in [0.29, 0.717) is 5.56 Å². The minimum Gasteiger partial charge on any atom is -0.493 e. The summed E-state index contributed by atoms with van der Waals surface area (Å²) in [6.45, 7) is -1.25. The number of aromatic amines is 1. The summed E-state index contributed by atoms with van der Waals surface area (Å²) in [5.74, 6) is -2.59. The number of phosphoric ester groups is 1. The van der Waals surface area contributed by atoms with Gasteiger partial charge in [-0.3, -0.25) is 23.4 Å². The van der Waals surface area contributed by atoms with E-state index in [-0.39, 0.29) is 22.9 Å². The minimum atomic E-state index is -4.30. The van der Waals surface area contributed by atoms with Crippen LogP contribution in [0.2, 0.25) is 0 Å². The molecule has 11 nitrogen and oxygen atoms in total. The fourth-order valence-electron chi connectivity index (χ4n) is 3.18. The van der Waals surface area contributed by atoms with Crippen LogP contribution in [0.25, 0.3) is 0 Å². The molecule has 3 N–H and O–H groups in total. The highest BCUT2D eigenvalue weighted by molar-refractivity contribution is 7.71. The van der Waals surface area contributed by atoms with Crippen LogP contribution < -0.4 is 14.8 Å². The third-order valence-electron chi connectivity index (χ3n) is 4.78. The first kappa shape index (κ1) is 22.1. The molecule has 31 heavy (non-hydrogen) atoms. The molecule has 2 aliphatic heterocycles. The molecule has 2 aliphatic rings. The van der Waals surface area contributed by atoms with Gasteiger partial charge in [0.05, 0.1) is 13.7 Å². The van der Waals surface area contributed by atoms with Gasteiger partial charge in [-0.15, -0.1) is 0 Å². The van der Waals surface area contributed by atoms with E-state index in [1.807, 2.05) is 0 Å². The van der Waals surface area contributed by atoms with Crippen LogP contribution in [0.4, 0.5) is 4.39 Å². The molecule has 1 saturated heterocycles. The number of benzene rings is 1. The molecule has 0 spiro atoms. The molecule has 1 aromatic heterocycles. The van der Waals surface area contributed by atoms with Gasteiger partial charge in [-0.1, -0.05) is 12.1 Å². The highest BCUT2D eigenvalue weighted by atomic mass is 32.1. The van der Waals surface area contributed by atoms with Crippen molar-refractivity contribution in [2.45, 2.75) is 30.9 Å². The molecule has 168 valence electrons. The average molecular weight is 476 g/mol. The number of halogens is 1. The third kappa shape index (κ3) is 4.05. The summed E-state index contributed by atoms with van der Waals surface area (Å²) in [6, 6.07) is 6.00. The van der Waals surface area contributed by atoms with Crippen molar-refractivity contribution in [2.24, 2.45) is 0 Å². The number of aliphatic hydroxyl groups excluding tert-OH is 2. The number of phosphoric acid groups is 1. The molecule has 3 heterocycles. The number of ether oxygens (including phenoxy) is 2. The molecule has 0 saturated carbocycles. The monoisotopic (exact) mass is 476 g/mol. The van der Waals surface area contributed by atoms with Gasteiger partial charge in [0.2, 0.25) is 0 Å². The number of aromatic nitrogens is 2. The molecule has 0 aliphatic carbocycles. The van der Waals surface area contributed by atoms with Crippen molar-refractivity contribution in [3.63, 3.8) is 0 Å². The Labute approximate surface area is 179 Å². The minimum absolute atomic E-state index is 0.123. The van der Waals surface area contributed by atoms with Crippen LogP contribution >= 0.6 is 20.0 Å². The topological polar surface area (TPSA) is 141 Å². The smallest absolute Gasteiger partial charge is 0.493 e. The zero-order valence-electron chi connectivity index (χ0n) is 16.0. The van der Waals surface area contributed by atoms with Crippen molar-refractivity contribution < 1.29 is 42.2 Å². The van der Waals surface area contributed by atoms with E-state index in [2.05, 4.69) is 4.98 Å². The first-order valence-corrected chi connectivity index (χ1v) is 10.8. The Bertz CT molecular complexity index is 1140. The van der Waals surface area contributed by atoms with Crippen molar-refractivity contribution in [3.8, 4) is 11.5 Å². The molecule has 4 rings (SSSR count). The zero-order valence-corrected chi connectivity index (χ0v) is 17.7. The Balaban J connectivity index is 1.52. The van der Waals surface area contributed by atoms with Crippen molar-refractivity contribution in [3.05, 3.63) is 51.2 Å². The van der Waals surface area contributed by atoms with Gasteiger partial charge in [0.25, 0.3) is 11.4 Å². The SMILES string of the molecule is COc1cccc2c1OP(=O)(OC[C@@]1(F)O[C@@H](n3ccc(=O)[nH]c3=S)[C@H](O)[C@@H]1O)OC2. The summed E-state index contributed by atoms with van der Waals surface area (Å²) in [4.78, 5) is 13.6. The molecular formula is C17H18FN2O9PS. The molecule has 1 unspecified atom stereocenters. The third-order valence-corrected chi connectivity index (χ3v) is 6.39. The number of H-pyrrole nitrogens is 1. The number of para-hydroxylation sites is 1. The maximum absolute atomic E-state index is 15.3. The summed E-state index contributed by atoms with van der Waals surface area (Å²) >= 11 is 4.97. The number of aliphatic hydroxyl groups is 2. The quantitative estimate of drug-likeness (QED) is 0.430. The van der Waals surface area contributed by atoms with Gasteiger partial charge in [0.15, 0.2) is 22.5 Å². The van der Waals surface area contributed by atoms with E-state index in [4.69, 9.17) is 35.3 Å². The van der Waals surface area contributed by atoms with Crippen molar-refractivity contribution in [1.29, 1.82) is 0 Å². The van der Waals surface area contributed by atoms with Crippen LogP contribution in [0.15, 0.2) is 35.3 Å². The summed E-state index contributed by atoms with van der Waals surface area (Å²) in [5, 5.41) is 20.5. The molecule has 0 radical (unpaired) electrons. The van der Waals surface area contributed by atoms with Crippen LogP contribution in [0.5, 0.6) is 11.5 Å². The number of methoxy groups -OCH3 is 1. The van der Waals surface area contributed by atoms with Crippen molar-refractivity contribution in [1.82, 2.24) is 9.55 Å². The number of alkyl halides is 1. The molecule has 0 amide bonds. The van der Waals surface area contributed by atoms with Gasteiger partial charge in [0, 0.05) is 17.8 Å². The lowest BCUT2D eigenvalue weighted by Gasteiger charge is -2.29. The van der Waals surface area contributed by atoms with E-state index in [1.165, 1.54) is 13.3 Å². The second kappa shape index (κ2) is 8.10. The fourth-order valence-corrected chi connectivity index (χ4v) is 4.68. The van der Waals surface area contributed by atoms with Crippen LogP contribution in [0.1, 0.15) is 11.8 Å². The summed E-state index contributed by atoms with van der Waals surface area (Å²) in [7, 11) is -2.91. The molecular weight excluding hydrogens is 458 g/mol. The predicted molar refractivity (Wildman–Crippen MR) is 104 cm³/mol. The van der Waals surface area contributed by atoms with Gasteiger partial charge in [-0.05, 0) is 18.3 Å². The molecule has 14 heteroatoms. The Morgan fingerprint density at radius 3 is 2.90 bits per heavy atom. The highest BCUT2D eigenvalue weighted by Crippen LogP contribution is 2.57. The van der Waals surface area contributed by atoms with Gasteiger partial charge in [-0.2, -0.15) is 0 Å². The van der Waals surface area contributed by atoms with Crippen LogP contribution in [0, 0.1) is 4.77 Å². The van der Waals surface area contributed by atoms with Gasteiger partial charge >= 0.3 is 7.82 Å². The van der Waals surface area contributed by atoms with Gasteiger partial charge in [-0.25, -0.2) is 8.96 Å². The predicted octanol–water partition coefficient (Wildman–Crippen LogP) is 1.56. The van der Waals surface area contributed by atoms with Gasteiger partial charge < -0.3 is 24.2 Å². The molecule has 1 aromatic carbocycles. The maximum atomic E-state index is 15.3. The second-order valence-electron chi connectivity index (χ2n) is 6.78. The summed E-state index contributed by atoms with van der Waals surface area (Å²) < 4.78 is 54.9. The summed E-state index contributed by atoms with van der Waals surface area (Å²) in [5.41, 5.74) is 0.0361. The molecule has 2 aromatic rings. The number of rotatable bonds is 5. The van der Waals surface area contributed by atoms with Crippen molar-refractivity contribution in [2.75, 3.05) is 13.7 Å².